The summed E-state index contributed by atoms with van der Waals surface area (Å²) in [5, 5.41) is 0. The topological polar surface area (TPSA) is 22.0 Å². The summed E-state index contributed by atoms with van der Waals surface area (Å²) in [6.45, 7) is 0. The highest BCUT2D eigenvalue weighted by Crippen LogP contribution is 2.35. The Hall–Kier alpha value is -1.56. The molecule has 1 aromatic carbocycles. The lowest BCUT2D eigenvalue weighted by Crippen LogP contribution is -2.13. The highest BCUT2D eigenvalue weighted by atomic mass is 79.9. The summed E-state index contributed by atoms with van der Waals surface area (Å²) < 4.78 is 40.8. The predicted octanol–water partition coefficient (Wildman–Crippen LogP) is 4.78. The molecule has 0 unspecified atom stereocenters. The number of hydrogen-bond donors (Lipinski definition) is 0. The molecule has 0 aliphatic heterocycles. The number of rotatable bonds is 1. The van der Waals surface area contributed by atoms with Crippen LogP contribution in [-0.2, 0) is 12.6 Å². The van der Waals surface area contributed by atoms with E-state index in [0.29, 0.717) is 28.6 Å². The number of fused-ring (bicyclic) bond motifs is 1. The van der Waals surface area contributed by atoms with E-state index < -0.39 is 11.7 Å². The third kappa shape index (κ3) is 2.52. The van der Waals surface area contributed by atoms with Crippen molar-refractivity contribution in [3.8, 4) is 5.69 Å². The second-order valence-electron chi connectivity index (χ2n) is 4.99. The molecule has 0 fully saturated rings. The van der Waals surface area contributed by atoms with Crippen LogP contribution < -0.4 is 0 Å². The van der Waals surface area contributed by atoms with Crippen LogP contribution in [0.3, 0.4) is 0 Å². The van der Waals surface area contributed by atoms with Crippen LogP contribution in [-0.4, -0.2) is 10.4 Å². The summed E-state index contributed by atoms with van der Waals surface area (Å²) in [6, 6.07) is 5.21. The van der Waals surface area contributed by atoms with E-state index >= 15 is 0 Å². The molecule has 0 atom stereocenters. The normalized spacial score (nSPS) is 15.1. The maximum absolute atomic E-state index is 12.9. The van der Waals surface area contributed by atoms with E-state index in [-0.39, 0.29) is 5.78 Å². The molecule has 1 heterocycles. The van der Waals surface area contributed by atoms with Crippen LogP contribution in [0.4, 0.5) is 13.2 Å². The smallest absolute Gasteiger partial charge is 0.319 e. The molecular formula is C15H11BrF3NO. The first-order valence-corrected chi connectivity index (χ1v) is 7.28. The lowest BCUT2D eigenvalue weighted by Gasteiger charge is -2.17. The van der Waals surface area contributed by atoms with Gasteiger partial charge in [-0.25, -0.2) is 0 Å². The molecule has 0 saturated heterocycles. The van der Waals surface area contributed by atoms with Gasteiger partial charge in [0.2, 0.25) is 0 Å². The molecule has 0 amide bonds. The van der Waals surface area contributed by atoms with Crippen LogP contribution in [0.25, 0.3) is 5.69 Å². The number of nitrogens with zero attached hydrogens (tertiary/aromatic N) is 1. The van der Waals surface area contributed by atoms with Crippen molar-refractivity contribution in [2.24, 2.45) is 0 Å². The van der Waals surface area contributed by atoms with Gasteiger partial charge in [-0.15, -0.1) is 0 Å². The van der Waals surface area contributed by atoms with Crippen molar-refractivity contribution in [2.75, 3.05) is 0 Å². The van der Waals surface area contributed by atoms with Crippen LogP contribution in [0.2, 0.25) is 0 Å². The molecule has 2 nitrogen and oxygen atoms in total. The number of carbonyl (C=O) groups excluding carboxylic acids is 1. The van der Waals surface area contributed by atoms with Crippen molar-refractivity contribution in [1.82, 2.24) is 4.57 Å². The largest absolute Gasteiger partial charge is 0.416 e. The SMILES string of the molecule is O=C1CCCc2c1ccn2-c1cc(C(F)(F)F)ccc1Br. The number of ketones is 1. The van der Waals surface area contributed by atoms with Crippen molar-refractivity contribution < 1.29 is 18.0 Å². The minimum absolute atomic E-state index is 0.0538. The maximum Gasteiger partial charge on any atom is 0.416 e. The fraction of sp³-hybridized carbons (Fsp3) is 0.267. The fourth-order valence-electron chi connectivity index (χ4n) is 2.62. The number of alkyl halides is 3. The molecule has 6 heteroatoms. The van der Waals surface area contributed by atoms with Crippen LogP contribution >= 0.6 is 15.9 Å². The van der Waals surface area contributed by atoms with Gasteiger partial charge in [0.15, 0.2) is 5.78 Å². The zero-order chi connectivity index (χ0) is 15.2. The van der Waals surface area contributed by atoms with Crippen molar-refractivity contribution in [2.45, 2.75) is 25.4 Å². The summed E-state index contributed by atoms with van der Waals surface area (Å²) >= 11 is 3.29. The second kappa shape index (κ2) is 5.02. The summed E-state index contributed by atoms with van der Waals surface area (Å²) in [5.41, 5.74) is 1.10. The molecule has 0 bridgehead atoms. The minimum Gasteiger partial charge on any atom is -0.319 e. The van der Waals surface area contributed by atoms with Crippen LogP contribution in [0.5, 0.6) is 0 Å². The van der Waals surface area contributed by atoms with E-state index in [0.717, 1.165) is 24.2 Å². The molecule has 3 rings (SSSR count). The van der Waals surface area contributed by atoms with E-state index in [4.69, 9.17) is 0 Å². The van der Waals surface area contributed by atoms with Crippen molar-refractivity contribution >= 4 is 21.7 Å². The Morgan fingerprint density at radius 1 is 1.14 bits per heavy atom. The fourth-order valence-corrected chi connectivity index (χ4v) is 3.06. The maximum atomic E-state index is 12.9. The van der Waals surface area contributed by atoms with Crippen molar-refractivity contribution in [1.29, 1.82) is 0 Å². The molecule has 110 valence electrons. The summed E-state index contributed by atoms with van der Waals surface area (Å²) in [7, 11) is 0. The van der Waals surface area contributed by atoms with Gasteiger partial charge in [0.1, 0.15) is 0 Å². The van der Waals surface area contributed by atoms with E-state index in [9.17, 15) is 18.0 Å². The molecular weight excluding hydrogens is 347 g/mol. The lowest BCUT2D eigenvalue weighted by atomic mass is 9.96. The first-order valence-electron chi connectivity index (χ1n) is 6.48. The summed E-state index contributed by atoms with van der Waals surface area (Å²) in [5.74, 6) is 0.0538. The first-order chi connectivity index (χ1) is 9.88. The van der Waals surface area contributed by atoms with Crippen molar-refractivity contribution in [3.05, 3.63) is 51.8 Å². The van der Waals surface area contributed by atoms with Gasteiger partial charge < -0.3 is 4.57 Å². The number of Topliss-reactive ketones (excluding diaryl/α,β-unsaturated/α-hetero) is 1. The van der Waals surface area contributed by atoms with Gasteiger partial charge in [-0.3, -0.25) is 4.79 Å². The summed E-state index contributed by atoms with van der Waals surface area (Å²) in [6.07, 6.45) is -0.809. The van der Waals surface area contributed by atoms with Gasteiger partial charge in [-0.2, -0.15) is 13.2 Å². The van der Waals surface area contributed by atoms with Gasteiger partial charge in [0.05, 0.1) is 11.3 Å². The highest BCUT2D eigenvalue weighted by Gasteiger charge is 2.31. The summed E-state index contributed by atoms with van der Waals surface area (Å²) in [4.78, 5) is 11.8. The van der Waals surface area contributed by atoms with Gasteiger partial charge >= 0.3 is 6.18 Å². The van der Waals surface area contributed by atoms with E-state index in [1.54, 1.807) is 16.8 Å². The third-order valence-electron chi connectivity index (χ3n) is 3.64. The molecule has 0 N–H and O–H groups in total. The number of aromatic nitrogens is 1. The Bertz CT molecular complexity index is 718. The third-order valence-corrected chi connectivity index (χ3v) is 4.31. The number of benzene rings is 1. The molecule has 2 aromatic rings. The quantitative estimate of drug-likeness (QED) is 0.719. The Morgan fingerprint density at radius 3 is 2.62 bits per heavy atom. The van der Waals surface area contributed by atoms with Gasteiger partial charge in [-0.05, 0) is 53.0 Å². The van der Waals surface area contributed by atoms with Gasteiger partial charge in [-0.1, -0.05) is 0 Å². The highest BCUT2D eigenvalue weighted by molar-refractivity contribution is 9.10. The van der Waals surface area contributed by atoms with Gasteiger partial charge in [0.25, 0.3) is 0 Å². The molecule has 21 heavy (non-hydrogen) atoms. The Labute approximate surface area is 127 Å². The standard InChI is InChI=1S/C15H11BrF3NO/c16-11-5-4-9(15(17,18)19)8-13(11)20-7-6-10-12(20)2-1-3-14(10)21/h4-8H,1-3H2. The molecule has 0 saturated carbocycles. The van der Waals surface area contributed by atoms with E-state index in [1.807, 2.05) is 0 Å². The van der Waals surface area contributed by atoms with Crippen molar-refractivity contribution in [3.63, 3.8) is 0 Å². The molecule has 1 aliphatic rings. The second-order valence-corrected chi connectivity index (χ2v) is 5.84. The van der Waals surface area contributed by atoms with Crippen LogP contribution in [0, 0.1) is 0 Å². The zero-order valence-electron chi connectivity index (χ0n) is 10.9. The lowest BCUT2D eigenvalue weighted by molar-refractivity contribution is -0.137. The first kappa shape index (κ1) is 14.4. The Morgan fingerprint density at radius 2 is 1.90 bits per heavy atom. The van der Waals surface area contributed by atoms with Crippen LogP contribution in [0.15, 0.2) is 34.9 Å². The molecule has 0 spiro atoms. The molecule has 0 radical (unpaired) electrons. The number of carbonyl (C=O) groups is 1. The monoisotopic (exact) mass is 357 g/mol. The zero-order valence-corrected chi connectivity index (χ0v) is 12.5. The Balaban J connectivity index is 2.15. The minimum atomic E-state index is -4.39. The molecule has 1 aromatic heterocycles. The predicted molar refractivity (Wildman–Crippen MR) is 75.7 cm³/mol. The van der Waals surface area contributed by atoms with Gasteiger partial charge in [0, 0.05) is 28.3 Å². The Kier molecular flexibility index (Phi) is 3.43. The average Bonchev–Trinajstić information content (AvgIpc) is 2.83. The average molecular weight is 358 g/mol. The number of halogens is 4. The number of hydrogen-bond acceptors (Lipinski definition) is 1. The van der Waals surface area contributed by atoms with Crippen LogP contribution in [0.1, 0.15) is 34.5 Å². The van der Waals surface area contributed by atoms with E-state index in [2.05, 4.69) is 15.9 Å². The van der Waals surface area contributed by atoms with E-state index in [1.165, 1.54) is 6.07 Å². The molecule has 1 aliphatic carbocycles.